The molecule has 0 aliphatic rings. The van der Waals surface area contributed by atoms with Gasteiger partial charge < -0.3 is 5.32 Å². The van der Waals surface area contributed by atoms with Gasteiger partial charge in [0.15, 0.2) is 4.96 Å². The largest absolute Gasteiger partial charge is 0.322 e. The molecule has 2 aromatic heterocycles. The molecule has 2 heterocycles. The van der Waals surface area contributed by atoms with Crippen molar-refractivity contribution in [2.45, 2.75) is 12.8 Å². The molecule has 0 unspecified atom stereocenters. The summed E-state index contributed by atoms with van der Waals surface area (Å²) < 4.78 is 1.46. The smallest absolute Gasteiger partial charge is 0.271 e. The predicted molar refractivity (Wildman–Crippen MR) is 125 cm³/mol. The highest BCUT2D eigenvalue weighted by atomic mass is 32.2. The minimum atomic E-state index is -0.449. The van der Waals surface area contributed by atoms with E-state index in [0.29, 0.717) is 10.6 Å². The van der Waals surface area contributed by atoms with Crippen LogP contribution >= 0.6 is 23.1 Å². The second kappa shape index (κ2) is 9.28. The third-order valence-corrected chi connectivity index (χ3v) is 6.34. The van der Waals surface area contributed by atoms with Crippen molar-refractivity contribution in [1.82, 2.24) is 9.38 Å². The molecule has 7 heteroatoms. The number of aromatic nitrogens is 2. The van der Waals surface area contributed by atoms with Gasteiger partial charge in [-0.25, -0.2) is 4.98 Å². The summed E-state index contributed by atoms with van der Waals surface area (Å²) >= 11 is 3.26. The predicted octanol–water partition coefficient (Wildman–Crippen LogP) is 4.50. The van der Waals surface area contributed by atoms with E-state index in [2.05, 4.69) is 16.6 Å². The summed E-state index contributed by atoms with van der Waals surface area (Å²) in [7, 11) is 0. The molecule has 0 aliphatic heterocycles. The normalized spacial score (nSPS) is 11.0. The molecule has 1 amide bonds. The standard InChI is InChI=1S/C23H21N3O2S2/c1-29-12-11-16-7-9-18(10-8-16)25-21(27)20-14-24-23-26(22(20)28)15-19(30-23)13-17-5-3-2-4-6-17/h2-10,14-15H,11-13H2,1H3,(H,25,27). The van der Waals surface area contributed by atoms with Crippen LogP contribution in [0.25, 0.3) is 4.96 Å². The van der Waals surface area contributed by atoms with E-state index >= 15 is 0 Å². The second-order valence-electron chi connectivity index (χ2n) is 6.88. The van der Waals surface area contributed by atoms with E-state index in [1.807, 2.05) is 54.6 Å². The monoisotopic (exact) mass is 435 g/mol. The highest BCUT2D eigenvalue weighted by Crippen LogP contribution is 2.19. The number of nitrogens with one attached hydrogen (secondary N) is 1. The number of nitrogens with zero attached hydrogens (tertiary/aromatic N) is 2. The number of fused-ring (bicyclic) bond motifs is 1. The Hall–Kier alpha value is -2.90. The molecule has 152 valence electrons. The Morgan fingerprint density at radius 2 is 1.87 bits per heavy atom. The average Bonchev–Trinajstić information content (AvgIpc) is 3.17. The van der Waals surface area contributed by atoms with Gasteiger partial charge in [0.25, 0.3) is 11.5 Å². The molecule has 4 rings (SSSR count). The minimum absolute atomic E-state index is 0.0306. The molecule has 0 saturated carbocycles. The van der Waals surface area contributed by atoms with Gasteiger partial charge in [-0.2, -0.15) is 11.8 Å². The lowest BCUT2D eigenvalue weighted by Gasteiger charge is -2.06. The van der Waals surface area contributed by atoms with Crippen molar-refractivity contribution in [2.24, 2.45) is 0 Å². The number of anilines is 1. The first-order valence-electron chi connectivity index (χ1n) is 9.57. The van der Waals surface area contributed by atoms with Crippen LogP contribution in [0.3, 0.4) is 0 Å². The minimum Gasteiger partial charge on any atom is -0.322 e. The molecule has 0 spiro atoms. The lowest BCUT2D eigenvalue weighted by Crippen LogP contribution is -2.25. The molecule has 30 heavy (non-hydrogen) atoms. The van der Waals surface area contributed by atoms with Crippen molar-refractivity contribution in [1.29, 1.82) is 0 Å². The van der Waals surface area contributed by atoms with E-state index in [0.717, 1.165) is 29.0 Å². The van der Waals surface area contributed by atoms with Gasteiger partial charge in [0, 0.05) is 29.4 Å². The fraction of sp³-hybridized carbons (Fsp3) is 0.174. The third-order valence-electron chi connectivity index (χ3n) is 4.73. The number of amides is 1. The molecule has 0 fully saturated rings. The van der Waals surface area contributed by atoms with Crippen LogP contribution in [0.4, 0.5) is 5.69 Å². The zero-order valence-electron chi connectivity index (χ0n) is 16.5. The SMILES string of the molecule is CSCCc1ccc(NC(=O)c2cnc3sc(Cc4ccccc4)cn3c2=O)cc1. The Morgan fingerprint density at radius 3 is 2.60 bits per heavy atom. The van der Waals surface area contributed by atoms with Gasteiger partial charge in [-0.05, 0) is 41.7 Å². The van der Waals surface area contributed by atoms with E-state index < -0.39 is 5.91 Å². The summed E-state index contributed by atoms with van der Waals surface area (Å²) in [6, 6.07) is 17.8. The van der Waals surface area contributed by atoms with Crippen LogP contribution in [0.2, 0.25) is 0 Å². The number of thiazole rings is 1. The summed E-state index contributed by atoms with van der Waals surface area (Å²) in [5.41, 5.74) is 2.71. The lowest BCUT2D eigenvalue weighted by molar-refractivity contribution is 0.102. The summed E-state index contributed by atoms with van der Waals surface area (Å²) in [4.78, 5) is 31.5. The maximum atomic E-state index is 12.9. The van der Waals surface area contributed by atoms with Gasteiger partial charge in [-0.1, -0.05) is 42.5 Å². The first kappa shape index (κ1) is 20.4. The van der Waals surface area contributed by atoms with Crippen molar-refractivity contribution in [3.8, 4) is 0 Å². The van der Waals surface area contributed by atoms with Crippen molar-refractivity contribution in [3.63, 3.8) is 0 Å². The summed E-state index contributed by atoms with van der Waals surface area (Å²) in [6.07, 6.45) is 6.93. The van der Waals surface area contributed by atoms with Gasteiger partial charge in [-0.15, -0.1) is 11.3 Å². The number of carbonyl (C=O) groups excluding carboxylic acids is 1. The van der Waals surface area contributed by atoms with Crippen LogP contribution in [-0.2, 0) is 12.8 Å². The third kappa shape index (κ3) is 4.63. The Kier molecular flexibility index (Phi) is 6.30. The first-order valence-corrected chi connectivity index (χ1v) is 11.8. The number of carbonyl (C=O) groups is 1. The van der Waals surface area contributed by atoms with Crippen LogP contribution in [0.1, 0.15) is 26.4 Å². The highest BCUT2D eigenvalue weighted by Gasteiger charge is 2.15. The molecule has 5 nitrogen and oxygen atoms in total. The van der Waals surface area contributed by atoms with Crippen LogP contribution in [0.5, 0.6) is 0 Å². The Labute approximate surface area is 182 Å². The molecule has 1 N–H and O–H groups in total. The molecule has 0 bridgehead atoms. The maximum Gasteiger partial charge on any atom is 0.271 e. The number of benzene rings is 2. The first-order chi connectivity index (χ1) is 14.6. The Balaban J connectivity index is 1.53. The van der Waals surface area contributed by atoms with E-state index in [4.69, 9.17) is 0 Å². The molecule has 4 aromatic rings. The fourth-order valence-electron chi connectivity index (χ4n) is 3.14. The van der Waals surface area contributed by atoms with Gasteiger partial charge >= 0.3 is 0 Å². The molecule has 2 aromatic carbocycles. The van der Waals surface area contributed by atoms with E-state index in [9.17, 15) is 9.59 Å². The molecule has 0 saturated heterocycles. The number of rotatable bonds is 7. The van der Waals surface area contributed by atoms with Gasteiger partial charge in [0.1, 0.15) is 5.56 Å². The summed E-state index contributed by atoms with van der Waals surface area (Å²) in [5.74, 6) is 0.607. The van der Waals surface area contributed by atoms with Crippen LogP contribution < -0.4 is 10.9 Å². The zero-order chi connectivity index (χ0) is 20.9. The number of hydrogen-bond donors (Lipinski definition) is 1. The summed E-state index contributed by atoms with van der Waals surface area (Å²) in [6.45, 7) is 0. The van der Waals surface area contributed by atoms with E-state index in [1.165, 1.54) is 27.5 Å². The second-order valence-corrected chi connectivity index (χ2v) is 8.96. The quantitative estimate of drug-likeness (QED) is 0.464. The fourth-order valence-corrected chi connectivity index (χ4v) is 4.55. The lowest BCUT2D eigenvalue weighted by atomic mass is 10.1. The maximum absolute atomic E-state index is 12.9. The van der Waals surface area contributed by atoms with Gasteiger partial charge in [-0.3, -0.25) is 14.0 Å². The topological polar surface area (TPSA) is 63.5 Å². The van der Waals surface area contributed by atoms with Crippen molar-refractivity contribution in [3.05, 3.63) is 98.9 Å². The highest BCUT2D eigenvalue weighted by molar-refractivity contribution is 7.98. The Bertz CT molecular complexity index is 1210. The molecule has 0 atom stereocenters. The Morgan fingerprint density at radius 1 is 1.10 bits per heavy atom. The molecule has 0 aliphatic carbocycles. The number of hydrogen-bond acceptors (Lipinski definition) is 5. The van der Waals surface area contributed by atoms with Crippen molar-refractivity contribution >= 4 is 39.7 Å². The van der Waals surface area contributed by atoms with Gasteiger partial charge in [0.2, 0.25) is 0 Å². The van der Waals surface area contributed by atoms with Crippen molar-refractivity contribution in [2.75, 3.05) is 17.3 Å². The summed E-state index contributed by atoms with van der Waals surface area (Å²) in [5, 5.41) is 2.80. The number of thioether (sulfide) groups is 1. The molecule has 0 radical (unpaired) electrons. The molecular weight excluding hydrogens is 414 g/mol. The van der Waals surface area contributed by atoms with E-state index in [-0.39, 0.29) is 11.1 Å². The van der Waals surface area contributed by atoms with Gasteiger partial charge in [0.05, 0.1) is 0 Å². The van der Waals surface area contributed by atoms with Crippen LogP contribution in [0.15, 0.2) is 71.8 Å². The number of aryl methyl sites for hydroxylation is 1. The zero-order valence-corrected chi connectivity index (χ0v) is 18.1. The average molecular weight is 436 g/mol. The molecular formula is C23H21N3O2S2. The van der Waals surface area contributed by atoms with E-state index in [1.54, 1.807) is 18.0 Å². The van der Waals surface area contributed by atoms with Crippen LogP contribution in [0, 0.1) is 0 Å². The van der Waals surface area contributed by atoms with Crippen LogP contribution in [-0.4, -0.2) is 27.3 Å². The van der Waals surface area contributed by atoms with Crippen molar-refractivity contribution < 1.29 is 4.79 Å².